The van der Waals surface area contributed by atoms with Crippen molar-refractivity contribution in [1.82, 2.24) is 4.90 Å². The summed E-state index contributed by atoms with van der Waals surface area (Å²) in [6.07, 6.45) is -2.80. The van der Waals surface area contributed by atoms with Gasteiger partial charge in [0.2, 0.25) is 0 Å². The van der Waals surface area contributed by atoms with Crippen LogP contribution in [0.15, 0.2) is 24.3 Å². The van der Waals surface area contributed by atoms with Crippen LogP contribution < -0.4 is 0 Å². The zero-order chi connectivity index (χ0) is 15.2. The quantitative estimate of drug-likeness (QED) is 0.782. The van der Waals surface area contributed by atoms with Crippen LogP contribution in [0.25, 0.3) is 0 Å². The number of nitrogens with zero attached hydrogens (tertiary/aromatic N) is 1. The van der Waals surface area contributed by atoms with Crippen LogP contribution in [-0.2, 0) is 17.5 Å². The minimum atomic E-state index is -4.30. The van der Waals surface area contributed by atoms with Gasteiger partial charge in [0.25, 0.3) is 0 Å². The molecule has 112 valence electrons. The zero-order valence-corrected chi connectivity index (χ0v) is 11.3. The molecule has 0 unspecified atom stereocenters. The molecule has 0 heterocycles. The van der Waals surface area contributed by atoms with Crippen LogP contribution in [0.5, 0.6) is 0 Å². The molecule has 0 aliphatic heterocycles. The number of carboxylic acids is 1. The Balaban J connectivity index is 2.38. The van der Waals surface area contributed by atoms with E-state index in [2.05, 4.69) is 0 Å². The molecule has 1 rings (SSSR count). The second-order valence-corrected chi connectivity index (χ2v) is 4.78. The first-order chi connectivity index (χ1) is 9.29. The number of carboxylic acid groups (broad SMARTS) is 1. The SMILES string of the molecule is CN(CCCCC(=O)O)Cc1ccc(C(F)(F)F)cc1. The largest absolute Gasteiger partial charge is 0.481 e. The standard InChI is InChI=1S/C14H18F3NO2/c1-18(9-3-2-4-13(19)20)10-11-5-7-12(8-6-11)14(15,16)17/h5-8H,2-4,9-10H2,1H3,(H,19,20). The Morgan fingerprint density at radius 1 is 1.20 bits per heavy atom. The van der Waals surface area contributed by atoms with E-state index in [4.69, 9.17) is 5.11 Å². The van der Waals surface area contributed by atoms with Gasteiger partial charge < -0.3 is 10.0 Å². The molecule has 0 bridgehead atoms. The summed E-state index contributed by atoms with van der Waals surface area (Å²) in [7, 11) is 1.86. The minimum Gasteiger partial charge on any atom is -0.481 e. The average molecular weight is 289 g/mol. The van der Waals surface area contributed by atoms with Crippen molar-refractivity contribution < 1.29 is 23.1 Å². The maximum Gasteiger partial charge on any atom is 0.416 e. The molecule has 0 amide bonds. The second kappa shape index (κ2) is 7.28. The topological polar surface area (TPSA) is 40.5 Å². The number of halogens is 3. The van der Waals surface area contributed by atoms with Gasteiger partial charge in [-0.05, 0) is 44.1 Å². The van der Waals surface area contributed by atoms with Gasteiger partial charge in [-0.25, -0.2) is 0 Å². The summed E-state index contributed by atoms with van der Waals surface area (Å²) in [6.45, 7) is 1.26. The van der Waals surface area contributed by atoms with Gasteiger partial charge in [-0.2, -0.15) is 13.2 Å². The predicted molar refractivity (Wildman–Crippen MR) is 69.3 cm³/mol. The molecule has 0 aliphatic carbocycles. The Morgan fingerprint density at radius 3 is 2.30 bits per heavy atom. The molecule has 6 heteroatoms. The van der Waals surface area contributed by atoms with Gasteiger partial charge in [0.15, 0.2) is 0 Å². The van der Waals surface area contributed by atoms with Gasteiger partial charge in [0, 0.05) is 13.0 Å². The summed E-state index contributed by atoms with van der Waals surface area (Å²) in [4.78, 5) is 12.3. The normalized spacial score (nSPS) is 11.8. The zero-order valence-electron chi connectivity index (χ0n) is 11.3. The molecular weight excluding hydrogens is 271 g/mol. The number of hydrogen-bond acceptors (Lipinski definition) is 2. The maximum absolute atomic E-state index is 12.4. The lowest BCUT2D eigenvalue weighted by Crippen LogP contribution is -2.19. The van der Waals surface area contributed by atoms with E-state index in [-0.39, 0.29) is 6.42 Å². The van der Waals surface area contributed by atoms with Crippen LogP contribution in [0.1, 0.15) is 30.4 Å². The lowest BCUT2D eigenvalue weighted by atomic mass is 10.1. The maximum atomic E-state index is 12.4. The summed E-state index contributed by atoms with van der Waals surface area (Å²) in [5.74, 6) is -0.810. The number of aliphatic carboxylic acids is 1. The molecule has 20 heavy (non-hydrogen) atoms. The first-order valence-corrected chi connectivity index (χ1v) is 6.35. The van der Waals surface area contributed by atoms with Gasteiger partial charge in [0.05, 0.1) is 5.56 Å². The number of benzene rings is 1. The van der Waals surface area contributed by atoms with Gasteiger partial charge in [0.1, 0.15) is 0 Å². The van der Waals surface area contributed by atoms with Crippen molar-refractivity contribution in [3.8, 4) is 0 Å². The minimum absolute atomic E-state index is 0.147. The lowest BCUT2D eigenvalue weighted by molar-refractivity contribution is -0.138. The molecule has 1 aromatic rings. The van der Waals surface area contributed by atoms with Crippen molar-refractivity contribution in [2.24, 2.45) is 0 Å². The van der Waals surface area contributed by atoms with Gasteiger partial charge >= 0.3 is 12.1 Å². The fourth-order valence-corrected chi connectivity index (χ4v) is 1.85. The third kappa shape index (κ3) is 6.06. The average Bonchev–Trinajstić information content (AvgIpc) is 2.34. The second-order valence-electron chi connectivity index (χ2n) is 4.78. The van der Waals surface area contributed by atoms with E-state index in [0.29, 0.717) is 19.5 Å². The van der Waals surface area contributed by atoms with E-state index in [1.807, 2.05) is 11.9 Å². The van der Waals surface area contributed by atoms with Crippen LogP contribution in [0.3, 0.4) is 0 Å². The molecule has 0 spiro atoms. The third-order valence-corrected chi connectivity index (χ3v) is 2.91. The van der Waals surface area contributed by atoms with Crippen LogP contribution in [0, 0.1) is 0 Å². The van der Waals surface area contributed by atoms with Crippen molar-refractivity contribution in [3.63, 3.8) is 0 Å². The molecule has 0 radical (unpaired) electrons. The number of hydrogen-bond donors (Lipinski definition) is 1. The molecule has 0 saturated heterocycles. The van der Waals surface area contributed by atoms with E-state index in [1.165, 1.54) is 12.1 Å². The highest BCUT2D eigenvalue weighted by molar-refractivity contribution is 5.66. The monoisotopic (exact) mass is 289 g/mol. The summed E-state index contributed by atoms with van der Waals surface area (Å²) < 4.78 is 37.2. The van der Waals surface area contributed by atoms with Gasteiger partial charge in [-0.3, -0.25) is 4.79 Å². The molecule has 0 fully saturated rings. The summed E-state index contributed by atoms with van der Waals surface area (Å²) in [5, 5.41) is 8.50. The molecule has 1 N–H and O–H groups in total. The number of alkyl halides is 3. The molecule has 0 saturated carbocycles. The number of rotatable bonds is 7. The van der Waals surface area contributed by atoms with E-state index in [0.717, 1.165) is 24.1 Å². The fraction of sp³-hybridized carbons (Fsp3) is 0.500. The summed E-state index contributed by atoms with van der Waals surface area (Å²) >= 11 is 0. The number of unbranched alkanes of at least 4 members (excludes halogenated alkanes) is 1. The highest BCUT2D eigenvalue weighted by Crippen LogP contribution is 2.29. The van der Waals surface area contributed by atoms with E-state index in [1.54, 1.807) is 0 Å². The van der Waals surface area contributed by atoms with Crippen molar-refractivity contribution >= 4 is 5.97 Å². The first kappa shape index (κ1) is 16.5. The van der Waals surface area contributed by atoms with Crippen LogP contribution in [0.4, 0.5) is 13.2 Å². The molecule has 1 aromatic carbocycles. The Hall–Kier alpha value is -1.56. The third-order valence-electron chi connectivity index (χ3n) is 2.91. The molecule has 0 atom stereocenters. The van der Waals surface area contributed by atoms with Crippen LogP contribution in [0.2, 0.25) is 0 Å². The van der Waals surface area contributed by atoms with Crippen molar-refractivity contribution in [3.05, 3.63) is 35.4 Å². The van der Waals surface area contributed by atoms with E-state index >= 15 is 0 Å². The Morgan fingerprint density at radius 2 is 1.80 bits per heavy atom. The Kier molecular flexibility index (Phi) is 6.01. The first-order valence-electron chi connectivity index (χ1n) is 6.35. The highest BCUT2D eigenvalue weighted by atomic mass is 19.4. The fourth-order valence-electron chi connectivity index (χ4n) is 1.85. The molecule has 3 nitrogen and oxygen atoms in total. The van der Waals surface area contributed by atoms with Gasteiger partial charge in [-0.1, -0.05) is 12.1 Å². The highest BCUT2D eigenvalue weighted by Gasteiger charge is 2.29. The summed E-state index contributed by atoms with van der Waals surface area (Å²) in [5.41, 5.74) is 0.157. The summed E-state index contributed by atoms with van der Waals surface area (Å²) in [6, 6.07) is 5.09. The van der Waals surface area contributed by atoms with Gasteiger partial charge in [-0.15, -0.1) is 0 Å². The van der Waals surface area contributed by atoms with Crippen molar-refractivity contribution in [2.45, 2.75) is 32.0 Å². The van der Waals surface area contributed by atoms with Crippen LogP contribution in [-0.4, -0.2) is 29.6 Å². The van der Waals surface area contributed by atoms with Crippen molar-refractivity contribution in [2.75, 3.05) is 13.6 Å². The van der Waals surface area contributed by atoms with E-state index < -0.39 is 17.7 Å². The lowest BCUT2D eigenvalue weighted by Gasteiger charge is -2.16. The smallest absolute Gasteiger partial charge is 0.416 e. The number of carbonyl (C=O) groups is 1. The Labute approximate surface area is 116 Å². The Bertz CT molecular complexity index is 429. The van der Waals surface area contributed by atoms with Crippen molar-refractivity contribution in [1.29, 1.82) is 0 Å². The predicted octanol–water partition coefficient (Wildman–Crippen LogP) is 3.39. The van der Waals surface area contributed by atoms with E-state index in [9.17, 15) is 18.0 Å². The molecular formula is C14H18F3NO2. The molecule has 0 aliphatic rings. The van der Waals surface area contributed by atoms with Crippen LogP contribution >= 0.6 is 0 Å². The molecule has 0 aromatic heterocycles.